The molecular weight excluding hydrogens is 146 g/mol. The van der Waals surface area contributed by atoms with Crippen LogP contribution in [0, 0.1) is 11.8 Å². The third-order valence-corrected chi connectivity index (χ3v) is 3.62. The second-order valence-electron chi connectivity index (χ2n) is 4.71. The van der Waals surface area contributed by atoms with Crippen molar-refractivity contribution in [2.45, 2.75) is 45.6 Å². The lowest BCUT2D eigenvalue weighted by atomic mass is 10.1. The van der Waals surface area contributed by atoms with Crippen LogP contribution in [0.4, 0.5) is 0 Å². The van der Waals surface area contributed by atoms with E-state index in [2.05, 4.69) is 18.7 Å². The minimum atomic E-state index is 0.907. The Morgan fingerprint density at radius 2 is 2.33 bits per heavy atom. The SMILES string of the molecule is CCC(C)CN1CCCC2CC21. The van der Waals surface area contributed by atoms with Crippen LogP contribution < -0.4 is 0 Å². The maximum atomic E-state index is 2.74. The second-order valence-corrected chi connectivity index (χ2v) is 4.71. The smallest absolute Gasteiger partial charge is 0.0127 e. The molecule has 3 unspecified atom stereocenters. The van der Waals surface area contributed by atoms with Gasteiger partial charge >= 0.3 is 0 Å². The van der Waals surface area contributed by atoms with Crippen molar-refractivity contribution < 1.29 is 0 Å². The van der Waals surface area contributed by atoms with E-state index in [0.29, 0.717) is 0 Å². The first-order valence-electron chi connectivity index (χ1n) is 5.55. The van der Waals surface area contributed by atoms with Crippen molar-refractivity contribution in [3.8, 4) is 0 Å². The Labute approximate surface area is 76.1 Å². The first-order chi connectivity index (χ1) is 5.81. The van der Waals surface area contributed by atoms with Crippen molar-refractivity contribution in [3.63, 3.8) is 0 Å². The molecule has 2 aliphatic rings. The van der Waals surface area contributed by atoms with Gasteiger partial charge in [-0.15, -0.1) is 0 Å². The van der Waals surface area contributed by atoms with E-state index in [9.17, 15) is 0 Å². The van der Waals surface area contributed by atoms with Crippen molar-refractivity contribution in [2.24, 2.45) is 11.8 Å². The molecule has 2 fully saturated rings. The highest BCUT2D eigenvalue weighted by Crippen LogP contribution is 2.43. The van der Waals surface area contributed by atoms with Gasteiger partial charge < -0.3 is 0 Å². The van der Waals surface area contributed by atoms with Crippen molar-refractivity contribution in [1.29, 1.82) is 0 Å². The molecule has 0 aromatic heterocycles. The van der Waals surface area contributed by atoms with Gasteiger partial charge in [-0.05, 0) is 37.6 Å². The lowest BCUT2D eigenvalue weighted by Gasteiger charge is -2.28. The van der Waals surface area contributed by atoms with Crippen LogP contribution in [0.25, 0.3) is 0 Å². The summed E-state index contributed by atoms with van der Waals surface area (Å²) in [7, 11) is 0. The molecule has 1 saturated carbocycles. The van der Waals surface area contributed by atoms with E-state index in [1.807, 2.05) is 0 Å². The van der Waals surface area contributed by atoms with Crippen LogP contribution >= 0.6 is 0 Å². The fourth-order valence-electron chi connectivity index (χ4n) is 2.47. The average Bonchev–Trinajstić information content (AvgIpc) is 2.84. The molecule has 3 atom stereocenters. The minimum Gasteiger partial charge on any atom is -0.300 e. The van der Waals surface area contributed by atoms with Crippen molar-refractivity contribution >= 4 is 0 Å². The molecular formula is C11H21N. The van der Waals surface area contributed by atoms with Crippen molar-refractivity contribution in [2.75, 3.05) is 13.1 Å². The maximum absolute atomic E-state index is 2.74. The Hall–Kier alpha value is -0.0400. The Kier molecular flexibility index (Phi) is 2.40. The monoisotopic (exact) mass is 167 g/mol. The van der Waals surface area contributed by atoms with E-state index in [1.165, 1.54) is 38.8 Å². The Morgan fingerprint density at radius 1 is 1.50 bits per heavy atom. The summed E-state index contributed by atoms with van der Waals surface area (Å²) in [5.41, 5.74) is 0. The summed E-state index contributed by atoms with van der Waals surface area (Å²) in [5, 5.41) is 0. The third-order valence-electron chi connectivity index (χ3n) is 3.62. The molecule has 1 heteroatoms. The zero-order valence-electron chi connectivity index (χ0n) is 8.42. The first kappa shape index (κ1) is 8.55. The highest BCUT2D eigenvalue weighted by atomic mass is 15.2. The van der Waals surface area contributed by atoms with E-state index >= 15 is 0 Å². The summed E-state index contributed by atoms with van der Waals surface area (Å²) in [6.07, 6.45) is 5.82. The van der Waals surface area contributed by atoms with Crippen molar-refractivity contribution in [1.82, 2.24) is 4.90 Å². The predicted octanol–water partition coefficient (Wildman–Crippen LogP) is 2.52. The molecule has 0 radical (unpaired) electrons. The predicted molar refractivity (Wildman–Crippen MR) is 52.2 cm³/mol. The van der Waals surface area contributed by atoms with Crippen LogP contribution in [0.15, 0.2) is 0 Å². The molecule has 1 aliphatic heterocycles. The molecule has 2 rings (SSSR count). The highest BCUT2D eigenvalue weighted by Gasteiger charge is 2.43. The third kappa shape index (κ3) is 1.66. The molecule has 0 spiro atoms. The summed E-state index contributed by atoms with van der Waals surface area (Å²) in [6, 6.07) is 1.01. The molecule has 1 heterocycles. The van der Waals surface area contributed by atoms with Crippen LogP contribution in [0.1, 0.15) is 39.5 Å². The van der Waals surface area contributed by atoms with Gasteiger partial charge in [0.15, 0.2) is 0 Å². The van der Waals surface area contributed by atoms with Gasteiger partial charge in [-0.3, -0.25) is 4.90 Å². The normalized spacial score (nSPS) is 37.5. The van der Waals surface area contributed by atoms with Gasteiger partial charge in [0.2, 0.25) is 0 Å². The summed E-state index contributed by atoms with van der Waals surface area (Å²) < 4.78 is 0. The molecule has 0 bridgehead atoms. The van der Waals surface area contributed by atoms with E-state index in [1.54, 1.807) is 0 Å². The van der Waals surface area contributed by atoms with Gasteiger partial charge in [-0.25, -0.2) is 0 Å². The number of hydrogen-bond donors (Lipinski definition) is 0. The largest absolute Gasteiger partial charge is 0.300 e. The van der Waals surface area contributed by atoms with Crippen LogP contribution in [0.3, 0.4) is 0 Å². The zero-order valence-corrected chi connectivity index (χ0v) is 8.42. The van der Waals surface area contributed by atoms with Gasteiger partial charge in [-0.1, -0.05) is 20.3 Å². The average molecular weight is 167 g/mol. The topological polar surface area (TPSA) is 3.24 Å². The van der Waals surface area contributed by atoms with Crippen LogP contribution in [-0.4, -0.2) is 24.0 Å². The van der Waals surface area contributed by atoms with E-state index in [4.69, 9.17) is 0 Å². The van der Waals surface area contributed by atoms with Gasteiger partial charge in [-0.2, -0.15) is 0 Å². The van der Waals surface area contributed by atoms with Crippen LogP contribution in [-0.2, 0) is 0 Å². The van der Waals surface area contributed by atoms with Gasteiger partial charge in [0.25, 0.3) is 0 Å². The number of piperidine rings is 1. The van der Waals surface area contributed by atoms with Crippen molar-refractivity contribution in [3.05, 3.63) is 0 Å². The van der Waals surface area contributed by atoms with Gasteiger partial charge in [0, 0.05) is 12.6 Å². The fraction of sp³-hybridized carbons (Fsp3) is 1.00. The lowest BCUT2D eigenvalue weighted by molar-refractivity contribution is 0.186. The number of rotatable bonds is 3. The lowest BCUT2D eigenvalue weighted by Crippen LogP contribution is -2.35. The molecule has 0 aromatic rings. The first-order valence-corrected chi connectivity index (χ1v) is 5.55. The number of hydrogen-bond acceptors (Lipinski definition) is 1. The quantitative estimate of drug-likeness (QED) is 0.624. The Morgan fingerprint density at radius 3 is 3.08 bits per heavy atom. The Balaban J connectivity index is 1.79. The second kappa shape index (κ2) is 3.37. The molecule has 1 aliphatic carbocycles. The van der Waals surface area contributed by atoms with E-state index < -0.39 is 0 Å². The molecule has 1 saturated heterocycles. The summed E-state index contributed by atoms with van der Waals surface area (Å²) in [6.45, 7) is 7.42. The van der Waals surface area contributed by atoms with Gasteiger partial charge in [0.1, 0.15) is 0 Å². The summed E-state index contributed by atoms with van der Waals surface area (Å²) >= 11 is 0. The number of likely N-dealkylation sites (tertiary alicyclic amines) is 1. The fourth-order valence-corrected chi connectivity index (χ4v) is 2.47. The van der Waals surface area contributed by atoms with Gasteiger partial charge in [0.05, 0.1) is 0 Å². The minimum absolute atomic E-state index is 0.907. The van der Waals surface area contributed by atoms with Crippen LogP contribution in [0.5, 0.6) is 0 Å². The zero-order chi connectivity index (χ0) is 8.55. The molecule has 12 heavy (non-hydrogen) atoms. The van der Waals surface area contributed by atoms with Crippen LogP contribution in [0.2, 0.25) is 0 Å². The summed E-state index contributed by atoms with van der Waals surface area (Å²) in [4.78, 5) is 2.74. The Bertz CT molecular complexity index is 155. The molecule has 0 amide bonds. The van der Waals surface area contributed by atoms with E-state index in [-0.39, 0.29) is 0 Å². The maximum Gasteiger partial charge on any atom is 0.0127 e. The number of fused-ring (bicyclic) bond motifs is 1. The van der Waals surface area contributed by atoms with E-state index in [0.717, 1.165) is 17.9 Å². The molecule has 0 N–H and O–H groups in total. The molecule has 0 aromatic carbocycles. The molecule has 70 valence electrons. The summed E-state index contributed by atoms with van der Waals surface area (Å²) in [5.74, 6) is 2.01. The number of nitrogens with zero attached hydrogens (tertiary/aromatic N) is 1. The molecule has 1 nitrogen and oxygen atoms in total. The highest BCUT2D eigenvalue weighted by molar-refractivity contribution is 4.98. The standard InChI is InChI=1S/C11H21N/c1-3-9(2)8-12-6-4-5-10-7-11(10)12/h9-11H,3-8H2,1-2H3.